The van der Waals surface area contributed by atoms with Crippen molar-refractivity contribution in [3.05, 3.63) is 72.1 Å². The van der Waals surface area contributed by atoms with Gasteiger partial charge in [-0.15, -0.1) is 0 Å². The molecular weight excluding hydrogens is 318 g/mol. The molecule has 5 heteroatoms. The van der Waals surface area contributed by atoms with E-state index in [2.05, 4.69) is 29.4 Å². The number of aromatic nitrogens is 2. The second-order valence-corrected chi connectivity index (χ2v) is 6.46. The molecule has 1 N–H and O–H groups in total. The highest BCUT2D eigenvalue weighted by molar-refractivity contribution is 7.99. The Hall–Kier alpha value is -2.53. The number of benzene rings is 2. The normalized spacial score (nSPS) is 10.6. The summed E-state index contributed by atoms with van der Waals surface area (Å²) < 4.78 is 2.01. The monoisotopic (exact) mass is 337 g/mol. The SMILES string of the molecule is Cc1ccccc1NC(=O)CSc1nccn1-c1ccccc1C. The van der Waals surface area contributed by atoms with Crippen molar-refractivity contribution in [1.29, 1.82) is 0 Å². The number of imidazole rings is 1. The van der Waals surface area contributed by atoms with Gasteiger partial charge in [0.15, 0.2) is 5.16 Å². The van der Waals surface area contributed by atoms with Gasteiger partial charge in [0.1, 0.15) is 0 Å². The Balaban J connectivity index is 1.68. The van der Waals surface area contributed by atoms with E-state index in [1.165, 1.54) is 17.3 Å². The van der Waals surface area contributed by atoms with Gasteiger partial charge in [-0.1, -0.05) is 48.2 Å². The van der Waals surface area contributed by atoms with Gasteiger partial charge < -0.3 is 5.32 Å². The van der Waals surface area contributed by atoms with Crippen molar-refractivity contribution in [2.75, 3.05) is 11.1 Å². The molecule has 24 heavy (non-hydrogen) atoms. The summed E-state index contributed by atoms with van der Waals surface area (Å²) in [5.41, 5.74) is 4.15. The second-order valence-electron chi connectivity index (χ2n) is 5.52. The van der Waals surface area contributed by atoms with Crippen LogP contribution in [-0.4, -0.2) is 21.2 Å². The van der Waals surface area contributed by atoms with Crippen LogP contribution in [0.4, 0.5) is 5.69 Å². The van der Waals surface area contributed by atoms with E-state index in [0.717, 1.165) is 22.1 Å². The van der Waals surface area contributed by atoms with Crippen molar-refractivity contribution in [2.24, 2.45) is 0 Å². The zero-order chi connectivity index (χ0) is 16.9. The van der Waals surface area contributed by atoms with Gasteiger partial charge in [0.25, 0.3) is 0 Å². The van der Waals surface area contributed by atoms with Crippen LogP contribution in [0.15, 0.2) is 66.1 Å². The minimum absolute atomic E-state index is 0.0337. The number of carbonyl (C=O) groups is 1. The molecule has 0 bridgehead atoms. The lowest BCUT2D eigenvalue weighted by molar-refractivity contribution is -0.113. The number of para-hydroxylation sites is 2. The van der Waals surface area contributed by atoms with E-state index in [9.17, 15) is 4.79 Å². The van der Waals surface area contributed by atoms with Crippen LogP contribution in [0.25, 0.3) is 5.69 Å². The fraction of sp³-hybridized carbons (Fsp3) is 0.158. The molecule has 0 spiro atoms. The van der Waals surface area contributed by atoms with Crippen LogP contribution in [0, 0.1) is 13.8 Å². The highest BCUT2D eigenvalue weighted by atomic mass is 32.2. The summed E-state index contributed by atoms with van der Waals surface area (Å²) in [5, 5.41) is 3.76. The average molecular weight is 337 g/mol. The van der Waals surface area contributed by atoms with E-state index < -0.39 is 0 Å². The molecule has 122 valence electrons. The first kappa shape index (κ1) is 16.3. The molecule has 0 aliphatic rings. The maximum Gasteiger partial charge on any atom is 0.234 e. The topological polar surface area (TPSA) is 46.9 Å². The smallest absolute Gasteiger partial charge is 0.234 e. The fourth-order valence-corrected chi connectivity index (χ4v) is 3.21. The highest BCUT2D eigenvalue weighted by Crippen LogP contribution is 2.23. The zero-order valence-corrected chi connectivity index (χ0v) is 14.5. The van der Waals surface area contributed by atoms with Gasteiger partial charge in [-0.25, -0.2) is 4.98 Å². The van der Waals surface area contributed by atoms with Gasteiger partial charge in [0, 0.05) is 18.1 Å². The Morgan fingerprint density at radius 1 is 1.08 bits per heavy atom. The van der Waals surface area contributed by atoms with Crippen molar-refractivity contribution in [1.82, 2.24) is 9.55 Å². The first-order chi connectivity index (χ1) is 11.6. The van der Waals surface area contributed by atoms with Gasteiger partial charge in [-0.2, -0.15) is 0 Å². The number of thioether (sulfide) groups is 1. The van der Waals surface area contributed by atoms with Crippen LogP contribution in [-0.2, 0) is 4.79 Å². The molecular formula is C19H19N3OS. The molecule has 3 rings (SSSR count). The van der Waals surface area contributed by atoms with Crippen molar-refractivity contribution < 1.29 is 4.79 Å². The van der Waals surface area contributed by atoms with Crippen LogP contribution < -0.4 is 5.32 Å². The minimum Gasteiger partial charge on any atom is -0.325 e. The third-order valence-electron chi connectivity index (χ3n) is 3.73. The number of carbonyl (C=O) groups excluding carboxylic acids is 1. The molecule has 1 aromatic heterocycles. The fourth-order valence-electron chi connectivity index (χ4n) is 2.44. The Kier molecular flexibility index (Phi) is 5.01. The van der Waals surface area contributed by atoms with Gasteiger partial charge in [0.2, 0.25) is 5.91 Å². The van der Waals surface area contributed by atoms with E-state index in [4.69, 9.17) is 0 Å². The summed E-state index contributed by atoms with van der Waals surface area (Å²) >= 11 is 1.43. The lowest BCUT2D eigenvalue weighted by Gasteiger charge is -2.11. The van der Waals surface area contributed by atoms with Crippen LogP contribution in [0.2, 0.25) is 0 Å². The number of nitrogens with zero attached hydrogens (tertiary/aromatic N) is 2. The Morgan fingerprint density at radius 3 is 2.54 bits per heavy atom. The zero-order valence-electron chi connectivity index (χ0n) is 13.7. The summed E-state index contributed by atoms with van der Waals surface area (Å²) in [4.78, 5) is 16.6. The number of rotatable bonds is 5. The summed E-state index contributed by atoms with van der Waals surface area (Å²) in [5.74, 6) is 0.283. The summed E-state index contributed by atoms with van der Waals surface area (Å²) in [7, 11) is 0. The molecule has 0 saturated heterocycles. The number of amides is 1. The molecule has 2 aromatic carbocycles. The Labute approximate surface area is 145 Å². The van der Waals surface area contributed by atoms with Crippen LogP contribution in [0.1, 0.15) is 11.1 Å². The number of nitrogens with one attached hydrogen (secondary N) is 1. The molecule has 0 aliphatic carbocycles. The van der Waals surface area contributed by atoms with E-state index in [0.29, 0.717) is 5.75 Å². The van der Waals surface area contributed by atoms with E-state index >= 15 is 0 Å². The second kappa shape index (κ2) is 7.36. The van der Waals surface area contributed by atoms with Gasteiger partial charge in [-0.3, -0.25) is 9.36 Å². The molecule has 0 atom stereocenters. The quantitative estimate of drug-likeness (QED) is 0.709. The molecule has 0 aliphatic heterocycles. The highest BCUT2D eigenvalue weighted by Gasteiger charge is 2.11. The maximum absolute atomic E-state index is 12.2. The molecule has 0 unspecified atom stereocenters. The van der Waals surface area contributed by atoms with Crippen molar-refractivity contribution >= 4 is 23.4 Å². The van der Waals surface area contributed by atoms with Crippen molar-refractivity contribution in [3.63, 3.8) is 0 Å². The lowest BCUT2D eigenvalue weighted by atomic mass is 10.2. The van der Waals surface area contributed by atoms with Crippen molar-refractivity contribution in [2.45, 2.75) is 19.0 Å². The third kappa shape index (κ3) is 3.68. The molecule has 4 nitrogen and oxygen atoms in total. The van der Waals surface area contributed by atoms with Crippen LogP contribution in [0.5, 0.6) is 0 Å². The minimum atomic E-state index is -0.0337. The summed E-state index contributed by atoms with van der Waals surface area (Å²) in [6.07, 6.45) is 3.68. The number of hydrogen-bond acceptors (Lipinski definition) is 3. The summed E-state index contributed by atoms with van der Waals surface area (Å²) in [6, 6.07) is 15.9. The summed E-state index contributed by atoms with van der Waals surface area (Å²) in [6.45, 7) is 4.04. The molecule has 0 radical (unpaired) electrons. The molecule has 3 aromatic rings. The number of anilines is 1. The third-order valence-corrected chi connectivity index (χ3v) is 4.70. The Morgan fingerprint density at radius 2 is 1.79 bits per heavy atom. The first-order valence-corrected chi connectivity index (χ1v) is 8.71. The molecule has 0 fully saturated rings. The largest absolute Gasteiger partial charge is 0.325 e. The van der Waals surface area contributed by atoms with Gasteiger partial charge >= 0.3 is 0 Å². The first-order valence-electron chi connectivity index (χ1n) is 7.73. The molecule has 0 saturated carbocycles. The van der Waals surface area contributed by atoms with E-state index in [1.807, 2.05) is 54.1 Å². The predicted octanol–water partition coefficient (Wildman–Crippen LogP) is 4.22. The Bertz CT molecular complexity index is 857. The number of hydrogen-bond donors (Lipinski definition) is 1. The number of aryl methyl sites for hydroxylation is 2. The average Bonchev–Trinajstić information content (AvgIpc) is 3.04. The van der Waals surface area contributed by atoms with Crippen molar-refractivity contribution in [3.8, 4) is 5.69 Å². The standard InChI is InChI=1S/C19H19N3OS/c1-14-7-3-5-9-16(14)21-18(23)13-24-19-20-11-12-22(19)17-10-6-4-8-15(17)2/h3-12H,13H2,1-2H3,(H,21,23). The van der Waals surface area contributed by atoms with Gasteiger partial charge in [-0.05, 0) is 37.1 Å². The van der Waals surface area contributed by atoms with E-state index in [1.54, 1.807) is 6.20 Å². The van der Waals surface area contributed by atoms with Crippen LogP contribution >= 0.6 is 11.8 Å². The maximum atomic E-state index is 12.2. The predicted molar refractivity (Wildman–Crippen MR) is 98.8 cm³/mol. The molecule has 1 amide bonds. The van der Waals surface area contributed by atoms with Crippen LogP contribution in [0.3, 0.4) is 0 Å². The van der Waals surface area contributed by atoms with Gasteiger partial charge in [0.05, 0.1) is 11.4 Å². The lowest BCUT2D eigenvalue weighted by Crippen LogP contribution is -2.15. The van der Waals surface area contributed by atoms with E-state index in [-0.39, 0.29) is 5.91 Å². The molecule has 1 heterocycles.